The molecule has 0 aliphatic heterocycles. The number of hydrogen-bond acceptors (Lipinski definition) is 5. The maximum Gasteiger partial charge on any atom is 0.255 e. The predicted octanol–water partition coefficient (Wildman–Crippen LogP) is 4.06. The van der Waals surface area contributed by atoms with Crippen molar-refractivity contribution in [2.24, 2.45) is 0 Å². The lowest BCUT2D eigenvalue weighted by Gasteiger charge is -2.18. The van der Waals surface area contributed by atoms with Crippen LogP contribution in [0.2, 0.25) is 0 Å². The lowest BCUT2D eigenvalue weighted by molar-refractivity contribution is 0.102. The monoisotopic (exact) mass is 417 g/mol. The zero-order valence-corrected chi connectivity index (χ0v) is 17.7. The Kier molecular flexibility index (Phi) is 6.16. The first kappa shape index (κ1) is 20.8. The van der Waals surface area contributed by atoms with Gasteiger partial charge < -0.3 is 16.0 Å². The Hall–Kier alpha value is -3.41. The SMILES string of the molecule is CCc1ccc(NC(=O)c2ccc(CNc3c(NC4CCCC4)c(=O)c3=O)cc2)cc1. The van der Waals surface area contributed by atoms with Crippen LogP contribution >= 0.6 is 0 Å². The molecule has 4 rings (SSSR count). The zero-order valence-electron chi connectivity index (χ0n) is 17.7. The molecule has 1 saturated carbocycles. The molecule has 0 radical (unpaired) electrons. The van der Waals surface area contributed by atoms with Crippen LogP contribution in [0.3, 0.4) is 0 Å². The Labute approximate surface area is 181 Å². The van der Waals surface area contributed by atoms with Crippen LogP contribution < -0.4 is 26.8 Å². The Morgan fingerprint density at radius 3 is 2.13 bits per heavy atom. The Morgan fingerprint density at radius 2 is 1.48 bits per heavy atom. The van der Waals surface area contributed by atoms with Gasteiger partial charge in [0.15, 0.2) is 0 Å². The lowest BCUT2D eigenvalue weighted by atomic mass is 10.1. The van der Waals surface area contributed by atoms with Crippen molar-refractivity contribution in [1.29, 1.82) is 0 Å². The van der Waals surface area contributed by atoms with Gasteiger partial charge in [-0.05, 0) is 54.7 Å². The van der Waals surface area contributed by atoms with Crippen molar-refractivity contribution in [3.8, 4) is 0 Å². The van der Waals surface area contributed by atoms with Gasteiger partial charge in [0.2, 0.25) is 0 Å². The Bertz CT molecular complexity index is 1120. The maximum atomic E-state index is 12.5. The molecule has 3 aromatic rings. The van der Waals surface area contributed by atoms with E-state index in [9.17, 15) is 14.4 Å². The van der Waals surface area contributed by atoms with Crippen LogP contribution in [0, 0.1) is 0 Å². The summed E-state index contributed by atoms with van der Waals surface area (Å²) in [5, 5.41) is 9.21. The fourth-order valence-electron chi connectivity index (χ4n) is 3.96. The number of nitrogens with one attached hydrogen (secondary N) is 3. The summed E-state index contributed by atoms with van der Waals surface area (Å²) in [7, 11) is 0. The molecule has 0 spiro atoms. The summed E-state index contributed by atoms with van der Waals surface area (Å²) in [6.07, 6.45) is 5.33. The molecule has 160 valence electrons. The number of aryl methyl sites for hydroxylation is 1. The third kappa shape index (κ3) is 4.68. The second kappa shape index (κ2) is 9.16. The highest BCUT2D eigenvalue weighted by molar-refractivity contribution is 6.04. The summed E-state index contributed by atoms with van der Waals surface area (Å²) in [5.41, 5.74) is 3.34. The third-order valence-corrected chi connectivity index (χ3v) is 5.92. The van der Waals surface area contributed by atoms with E-state index in [4.69, 9.17) is 0 Å². The van der Waals surface area contributed by atoms with E-state index in [1.807, 2.05) is 36.4 Å². The van der Waals surface area contributed by atoms with Crippen LogP contribution in [-0.2, 0) is 13.0 Å². The molecule has 0 saturated heterocycles. The van der Waals surface area contributed by atoms with Crippen LogP contribution in [0.5, 0.6) is 0 Å². The van der Waals surface area contributed by atoms with Crippen molar-refractivity contribution < 1.29 is 4.79 Å². The highest BCUT2D eigenvalue weighted by Crippen LogP contribution is 2.24. The molecular weight excluding hydrogens is 390 g/mol. The van der Waals surface area contributed by atoms with E-state index in [0.717, 1.165) is 43.4 Å². The van der Waals surface area contributed by atoms with Gasteiger partial charge in [-0.15, -0.1) is 0 Å². The lowest BCUT2D eigenvalue weighted by Crippen LogP contribution is -2.39. The van der Waals surface area contributed by atoms with E-state index in [0.29, 0.717) is 23.5 Å². The minimum atomic E-state index is -0.467. The molecule has 1 amide bonds. The highest BCUT2D eigenvalue weighted by Gasteiger charge is 2.24. The van der Waals surface area contributed by atoms with E-state index in [1.165, 1.54) is 5.56 Å². The van der Waals surface area contributed by atoms with Gasteiger partial charge in [0.05, 0.1) is 0 Å². The van der Waals surface area contributed by atoms with Crippen LogP contribution in [-0.4, -0.2) is 11.9 Å². The minimum absolute atomic E-state index is 0.172. The summed E-state index contributed by atoms with van der Waals surface area (Å²) in [5.74, 6) is -0.172. The molecule has 6 nitrogen and oxygen atoms in total. The molecule has 0 heterocycles. The van der Waals surface area contributed by atoms with Crippen molar-refractivity contribution in [3.05, 3.63) is 85.7 Å². The number of hydrogen-bond donors (Lipinski definition) is 3. The molecule has 31 heavy (non-hydrogen) atoms. The van der Waals surface area contributed by atoms with Crippen molar-refractivity contribution in [2.75, 3.05) is 16.0 Å². The average Bonchev–Trinajstić information content (AvgIpc) is 3.32. The Balaban J connectivity index is 1.34. The average molecular weight is 418 g/mol. The molecule has 1 aliphatic carbocycles. The highest BCUT2D eigenvalue weighted by atomic mass is 16.2. The van der Waals surface area contributed by atoms with Crippen molar-refractivity contribution >= 4 is 23.0 Å². The molecule has 1 fully saturated rings. The summed E-state index contributed by atoms with van der Waals surface area (Å²) < 4.78 is 0. The second-order valence-electron chi connectivity index (χ2n) is 8.09. The molecule has 0 aromatic heterocycles. The van der Waals surface area contributed by atoms with Gasteiger partial charge in [-0.1, -0.05) is 44.0 Å². The maximum absolute atomic E-state index is 12.5. The molecule has 3 aromatic carbocycles. The van der Waals surface area contributed by atoms with E-state index >= 15 is 0 Å². The normalized spacial score (nSPS) is 14.0. The summed E-state index contributed by atoms with van der Waals surface area (Å²) in [6, 6.07) is 15.3. The Morgan fingerprint density at radius 1 is 0.871 bits per heavy atom. The molecule has 3 N–H and O–H groups in total. The first-order chi connectivity index (χ1) is 15.0. The molecular formula is C25H27N3O3. The summed E-state index contributed by atoms with van der Waals surface area (Å²) >= 11 is 0. The number of carbonyl (C=O) groups is 1. The topological polar surface area (TPSA) is 87.3 Å². The fourth-order valence-corrected chi connectivity index (χ4v) is 3.96. The number of carbonyl (C=O) groups excluding carboxylic acids is 1. The van der Waals surface area contributed by atoms with Gasteiger partial charge in [0.25, 0.3) is 16.8 Å². The van der Waals surface area contributed by atoms with E-state index in [1.54, 1.807) is 12.1 Å². The molecule has 0 unspecified atom stereocenters. The van der Waals surface area contributed by atoms with Crippen LogP contribution in [0.15, 0.2) is 58.1 Å². The van der Waals surface area contributed by atoms with Crippen LogP contribution in [0.1, 0.15) is 54.1 Å². The molecule has 6 heteroatoms. The molecule has 0 bridgehead atoms. The summed E-state index contributed by atoms with van der Waals surface area (Å²) in [4.78, 5) is 36.3. The molecule has 0 atom stereocenters. The van der Waals surface area contributed by atoms with Gasteiger partial charge in [-0.25, -0.2) is 0 Å². The zero-order chi connectivity index (χ0) is 21.8. The van der Waals surface area contributed by atoms with Crippen molar-refractivity contribution in [3.63, 3.8) is 0 Å². The van der Waals surface area contributed by atoms with Gasteiger partial charge in [-0.3, -0.25) is 14.4 Å². The van der Waals surface area contributed by atoms with Gasteiger partial charge in [0, 0.05) is 23.8 Å². The third-order valence-electron chi connectivity index (χ3n) is 5.92. The predicted molar refractivity (Wildman–Crippen MR) is 125 cm³/mol. The second-order valence-corrected chi connectivity index (χ2v) is 8.09. The largest absolute Gasteiger partial charge is 0.377 e. The first-order valence-corrected chi connectivity index (χ1v) is 10.9. The first-order valence-electron chi connectivity index (χ1n) is 10.9. The number of amides is 1. The van der Waals surface area contributed by atoms with Crippen LogP contribution in [0.4, 0.5) is 17.1 Å². The van der Waals surface area contributed by atoms with E-state index in [-0.39, 0.29) is 11.9 Å². The smallest absolute Gasteiger partial charge is 0.255 e. The van der Waals surface area contributed by atoms with Gasteiger partial charge in [-0.2, -0.15) is 0 Å². The van der Waals surface area contributed by atoms with Crippen molar-refractivity contribution in [1.82, 2.24) is 0 Å². The van der Waals surface area contributed by atoms with Crippen molar-refractivity contribution in [2.45, 2.75) is 51.6 Å². The quantitative estimate of drug-likeness (QED) is 0.481. The number of rotatable bonds is 8. The number of anilines is 3. The summed E-state index contributed by atoms with van der Waals surface area (Å²) in [6.45, 7) is 2.50. The van der Waals surface area contributed by atoms with Gasteiger partial charge in [0.1, 0.15) is 11.4 Å². The van der Waals surface area contributed by atoms with Gasteiger partial charge >= 0.3 is 0 Å². The van der Waals surface area contributed by atoms with E-state index < -0.39 is 10.9 Å². The van der Waals surface area contributed by atoms with E-state index in [2.05, 4.69) is 22.9 Å². The minimum Gasteiger partial charge on any atom is -0.377 e. The fraction of sp³-hybridized carbons (Fsp3) is 0.320. The number of benzene rings is 2. The van der Waals surface area contributed by atoms with Crippen LogP contribution in [0.25, 0.3) is 0 Å². The standard InChI is InChI=1S/C25H27N3O3/c1-2-16-9-13-20(14-10-16)28-25(31)18-11-7-17(8-12-18)15-26-21-22(24(30)23(21)29)27-19-5-3-4-6-19/h7-14,19,26-27H,2-6,15H2,1H3,(H,28,31). The molecule has 1 aliphatic rings.